The van der Waals surface area contributed by atoms with Crippen LogP contribution < -0.4 is 5.32 Å². The SMILES string of the molecule is Cc1c(NC(C)C2CCCCC2)cccc1C(=O)O. The molecule has 0 spiro atoms. The minimum atomic E-state index is -0.855. The maximum Gasteiger partial charge on any atom is 0.336 e. The van der Waals surface area contributed by atoms with Crippen LogP contribution in [-0.4, -0.2) is 17.1 Å². The fourth-order valence-electron chi connectivity index (χ4n) is 3.02. The Labute approximate surface area is 115 Å². The summed E-state index contributed by atoms with van der Waals surface area (Å²) in [4.78, 5) is 11.1. The molecule has 2 rings (SSSR count). The van der Waals surface area contributed by atoms with E-state index >= 15 is 0 Å². The lowest BCUT2D eigenvalue weighted by Gasteiger charge is -2.29. The monoisotopic (exact) mass is 261 g/mol. The van der Waals surface area contributed by atoms with Crippen LogP contribution in [0.5, 0.6) is 0 Å². The first-order valence-electron chi connectivity index (χ1n) is 7.19. The van der Waals surface area contributed by atoms with Crippen LogP contribution in [-0.2, 0) is 0 Å². The number of anilines is 1. The van der Waals surface area contributed by atoms with Gasteiger partial charge in [-0.1, -0.05) is 25.3 Å². The molecule has 19 heavy (non-hydrogen) atoms. The van der Waals surface area contributed by atoms with Crippen LogP contribution >= 0.6 is 0 Å². The van der Waals surface area contributed by atoms with Crippen molar-refractivity contribution < 1.29 is 9.90 Å². The molecule has 104 valence electrons. The lowest BCUT2D eigenvalue weighted by Crippen LogP contribution is -2.28. The number of carboxylic acids is 1. The van der Waals surface area contributed by atoms with Gasteiger partial charge in [0, 0.05) is 11.7 Å². The van der Waals surface area contributed by atoms with Crippen molar-refractivity contribution in [1.29, 1.82) is 0 Å². The van der Waals surface area contributed by atoms with Gasteiger partial charge in [0.25, 0.3) is 0 Å². The average molecular weight is 261 g/mol. The van der Waals surface area contributed by atoms with E-state index in [1.807, 2.05) is 19.1 Å². The van der Waals surface area contributed by atoms with E-state index in [0.717, 1.165) is 11.3 Å². The van der Waals surface area contributed by atoms with E-state index < -0.39 is 5.97 Å². The molecule has 2 N–H and O–H groups in total. The highest BCUT2D eigenvalue weighted by Gasteiger charge is 2.20. The second kappa shape index (κ2) is 6.09. The number of carbonyl (C=O) groups is 1. The van der Waals surface area contributed by atoms with Gasteiger partial charge in [-0.2, -0.15) is 0 Å². The lowest BCUT2D eigenvalue weighted by molar-refractivity contribution is 0.0696. The lowest BCUT2D eigenvalue weighted by atomic mass is 9.84. The predicted molar refractivity (Wildman–Crippen MR) is 77.8 cm³/mol. The third kappa shape index (κ3) is 3.28. The average Bonchev–Trinajstić information content (AvgIpc) is 2.41. The molecule has 1 saturated carbocycles. The zero-order valence-electron chi connectivity index (χ0n) is 11.8. The van der Waals surface area contributed by atoms with Crippen molar-refractivity contribution in [2.24, 2.45) is 5.92 Å². The van der Waals surface area contributed by atoms with Crippen molar-refractivity contribution in [2.45, 2.75) is 52.0 Å². The first-order valence-corrected chi connectivity index (χ1v) is 7.19. The molecule has 0 radical (unpaired) electrons. The summed E-state index contributed by atoms with van der Waals surface area (Å²) in [6.07, 6.45) is 6.57. The summed E-state index contributed by atoms with van der Waals surface area (Å²) in [5, 5.41) is 12.7. The quantitative estimate of drug-likeness (QED) is 0.858. The summed E-state index contributed by atoms with van der Waals surface area (Å²) in [6, 6.07) is 5.85. The van der Waals surface area contributed by atoms with Crippen molar-refractivity contribution in [2.75, 3.05) is 5.32 Å². The predicted octanol–water partition coefficient (Wildman–Crippen LogP) is 4.07. The summed E-state index contributed by atoms with van der Waals surface area (Å²) in [6.45, 7) is 4.09. The van der Waals surface area contributed by atoms with Crippen molar-refractivity contribution in [3.63, 3.8) is 0 Å². The minimum Gasteiger partial charge on any atom is -0.478 e. The second-order valence-corrected chi connectivity index (χ2v) is 5.61. The molecule has 1 aromatic carbocycles. The van der Waals surface area contributed by atoms with E-state index in [-0.39, 0.29) is 0 Å². The van der Waals surface area contributed by atoms with Gasteiger partial charge in [-0.25, -0.2) is 4.79 Å². The highest BCUT2D eigenvalue weighted by atomic mass is 16.4. The molecule has 0 bridgehead atoms. The molecule has 0 saturated heterocycles. The zero-order chi connectivity index (χ0) is 13.8. The summed E-state index contributed by atoms with van der Waals surface area (Å²) in [5.41, 5.74) is 2.18. The van der Waals surface area contributed by atoms with Crippen LogP contribution in [0, 0.1) is 12.8 Å². The van der Waals surface area contributed by atoms with Crippen LogP contribution in [0.15, 0.2) is 18.2 Å². The maximum atomic E-state index is 11.1. The molecule has 1 aliphatic carbocycles. The Morgan fingerprint density at radius 1 is 1.32 bits per heavy atom. The van der Waals surface area contributed by atoms with E-state index in [4.69, 9.17) is 5.11 Å². The molecule has 0 aliphatic heterocycles. The molecule has 3 heteroatoms. The fraction of sp³-hybridized carbons (Fsp3) is 0.562. The van der Waals surface area contributed by atoms with Gasteiger partial charge in [0.1, 0.15) is 0 Å². The van der Waals surface area contributed by atoms with Crippen LogP contribution in [0.25, 0.3) is 0 Å². The first kappa shape index (κ1) is 13.9. The Kier molecular flexibility index (Phi) is 4.46. The highest BCUT2D eigenvalue weighted by Crippen LogP contribution is 2.29. The van der Waals surface area contributed by atoms with Gasteiger partial charge < -0.3 is 10.4 Å². The number of carboxylic acid groups (broad SMARTS) is 1. The van der Waals surface area contributed by atoms with Gasteiger partial charge in [-0.3, -0.25) is 0 Å². The molecule has 0 amide bonds. The van der Waals surface area contributed by atoms with Crippen LogP contribution in [0.1, 0.15) is 54.9 Å². The Balaban J connectivity index is 2.10. The van der Waals surface area contributed by atoms with Gasteiger partial charge >= 0.3 is 5.97 Å². The van der Waals surface area contributed by atoms with Gasteiger partial charge in [-0.15, -0.1) is 0 Å². The van der Waals surface area contributed by atoms with Gasteiger partial charge in [0.2, 0.25) is 0 Å². The number of hydrogen-bond acceptors (Lipinski definition) is 2. The number of rotatable bonds is 4. The van der Waals surface area contributed by atoms with Crippen molar-refractivity contribution in [3.8, 4) is 0 Å². The highest BCUT2D eigenvalue weighted by molar-refractivity contribution is 5.91. The van der Waals surface area contributed by atoms with Crippen LogP contribution in [0.2, 0.25) is 0 Å². The minimum absolute atomic E-state index is 0.390. The normalized spacial score (nSPS) is 18.0. The Morgan fingerprint density at radius 3 is 2.63 bits per heavy atom. The third-order valence-corrected chi connectivity index (χ3v) is 4.30. The molecule has 1 atom stereocenters. The van der Waals surface area contributed by atoms with Crippen molar-refractivity contribution in [3.05, 3.63) is 29.3 Å². The molecule has 3 nitrogen and oxygen atoms in total. The molecular weight excluding hydrogens is 238 g/mol. The zero-order valence-corrected chi connectivity index (χ0v) is 11.8. The third-order valence-electron chi connectivity index (χ3n) is 4.30. The Hall–Kier alpha value is -1.51. The number of aromatic carboxylic acids is 1. The van der Waals surface area contributed by atoms with E-state index in [1.165, 1.54) is 32.1 Å². The number of nitrogens with one attached hydrogen (secondary N) is 1. The summed E-state index contributed by atoms with van der Waals surface area (Å²) >= 11 is 0. The molecule has 0 aromatic heterocycles. The molecule has 1 fully saturated rings. The van der Waals surface area contributed by atoms with Crippen molar-refractivity contribution in [1.82, 2.24) is 0 Å². The fourth-order valence-corrected chi connectivity index (χ4v) is 3.02. The van der Waals surface area contributed by atoms with Crippen LogP contribution in [0.4, 0.5) is 5.69 Å². The maximum absolute atomic E-state index is 11.1. The second-order valence-electron chi connectivity index (χ2n) is 5.61. The van der Waals surface area contributed by atoms with E-state index in [0.29, 0.717) is 17.5 Å². The summed E-state index contributed by atoms with van der Waals surface area (Å²) in [7, 11) is 0. The number of hydrogen-bond donors (Lipinski definition) is 2. The summed E-state index contributed by atoms with van der Waals surface area (Å²) in [5.74, 6) is -0.145. The van der Waals surface area contributed by atoms with E-state index in [2.05, 4.69) is 12.2 Å². The number of benzene rings is 1. The van der Waals surface area contributed by atoms with Crippen LogP contribution in [0.3, 0.4) is 0 Å². The first-order chi connectivity index (χ1) is 9.09. The van der Waals surface area contributed by atoms with E-state index in [9.17, 15) is 4.79 Å². The molecule has 1 unspecified atom stereocenters. The molecule has 1 aromatic rings. The topological polar surface area (TPSA) is 49.3 Å². The van der Waals surface area contributed by atoms with Gasteiger partial charge in [0.15, 0.2) is 0 Å². The molecule has 1 aliphatic rings. The van der Waals surface area contributed by atoms with E-state index in [1.54, 1.807) is 6.07 Å². The summed E-state index contributed by atoms with van der Waals surface area (Å²) < 4.78 is 0. The molecular formula is C16H23NO2. The smallest absolute Gasteiger partial charge is 0.336 e. The largest absolute Gasteiger partial charge is 0.478 e. The Morgan fingerprint density at radius 2 is 2.00 bits per heavy atom. The standard InChI is InChI=1S/C16H23NO2/c1-11-14(16(18)19)9-6-10-15(11)17-12(2)13-7-4-3-5-8-13/h6,9-10,12-13,17H,3-5,7-8H2,1-2H3,(H,18,19). The molecule has 0 heterocycles. The van der Waals surface area contributed by atoms with Gasteiger partial charge in [0.05, 0.1) is 5.56 Å². The van der Waals surface area contributed by atoms with Crippen molar-refractivity contribution >= 4 is 11.7 Å². The Bertz CT molecular complexity index is 450. The van der Waals surface area contributed by atoms with Gasteiger partial charge in [-0.05, 0) is 50.3 Å².